The van der Waals surface area contributed by atoms with Crippen molar-refractivity contribution in [3.05, 3.63) is 17.7 Å². The number of hydrogen-bond donors (Lipinski definition) is 1. The Bertz CT molecular complexity index is 479. The zero-order valence-electron chi connectivity index (χ0n) is 11.9. The number of carbonyl (C=O) groups excluding carboxylic acids is 1. The van der Waals surface area contributed by atoms with Gasteiger partial charge in [0.05, 0.1) is 11.7 Å². The van der Waals surface area contributed by atoms with E-state index in [-0.39, 0.29) is 12.1 Å². The summed E-state index contributed by atoms with van der Waals surface area (Å²) >= 11 is 4.36. The summed E-state index contributed by atoms with van der Waals surface area (Å²) in [5, 5.41) is 0. The first-order valence-electron chi connectivity index (χ1n) is 6.53. The molecule has 1 unspecified atom stereocenters. The third-order valence-electron chi connectivity index (χ3n) is 3.01. The van der Waals surface area contributed by atoms with Gasteiger partial charge in [0.1, 0.15) is 11.4 Å². The minimum atomic E-state index is -0.476. The van der Waals surface area contributed by atoms with Crippen molar-refractivity contribution in [1.82, 2.24) is 13.9 Å². The van der Waals surface area contributed by atoms with E-state index in [1.54, 1.807) is 8.87 Å². The number of carbonyl (C=O) groups is 1. The topological polar surface area (TPSA) is 47.4 Å². The molecular formula is C13H21N3O2S. The number of rotatable bonds is 1. The fourth-order valence-electron chi connectivity index (χ4n) is 2.31. The summed E-state index contributed by atoms with van der Waals surface area (Å²) in [5.74, 6) is 0.809. The van der Waals surface area contributed by atoms with E-state index in [4.69, 9.17) is 4.74 Å². The van der Waals surface area contributed by atoms with Gasteiger partial charge in [-0.3, -0.25) is 8.87 Å². The Kier molecular flexibility index (Phi) is 3.80. The van der Waals surface area contributed by atoms with Crippen molar-refractivity contribution in [2.75, 3.05) is 6.54 Å². The highest BCUT2D eigenvalue weighted by molar-refractivity contribution is 7.78. The summed E-state index contributed by atoms with van der Waals surface area (Å²) in [4.78, 5) is 18.4. The highest BCUT2D eigenvalue weighted by atomic mass is 32.1. The Hall–Kier alpha value is -1.17. The zero-order chi connectivity index (χ0) is 14.2. The van der Waals surface area contributed by atoms with E-state index in [9.17, 15) is 4.79 Å². The van der Waals surface area contributed by atoms with Gasteiger partial charge in [-0.25, -0.2) is 9.78 Å². The third kappa shape index (κ3) is 3.23. The largest absolute Gasteiger partial charge is 0.444 e. The predicted octanol–water partition coefficient (Wildman–Crippen LogP) is 2.96. The lowest BCUT2D eigenvalue weighted by Crippen LogP contribution is -2.37. The van der Waals surface area contributed by atoms with Crippen LogP contribution in [0, 0.1) is 6.92 Å². The van der Waals surface area contributed by atoms with E-state index in [0.717, 1.165) is 24.4 Å². The molecule has 1 aliphatic heterocycles. The summed E-state index contributed by atoms with van der Waals surface area (Å²) in [7, 11) is 0. The summed E-state index contributed by atoms with van der Waals surface area (Å²) < 4.78 is 7.14. The van der Waals surface area contributed by atoms with Crippen LogP contribution in [0.5, 0.6) is 0 Å². The van der Waals surface area contributed by atoms with Crippen LogP contribution < -0.4 is 0 Å². The SMILES string of the molecule is Cc1cn(S)c(C2CCCN2C(=O)OC(C)(C)C)n1. The molecule has 6 heteroatoms. The molecule has 0 aliphatic carbocycles. The molecule has 0 bridgehead atoms. The zero-order valence-corrected chi connectivity index (χ0v) is 12.8. The smallest absolute Gasteiger partial charge is 0.410 e. The first-order valence-corrected chi connectivity index (χ1v) is 6.93. The Morgan fingerprint density at radius 1 is 1.53 bits per heavy atom. The minimum Gasteiger partial charge on any atom is -0.444 e. The summed E-state index contributed by atoms with van der Waals surface area (Å²) in [5.41, 5.74) is 0.428. The number of imidazole rings is 1. The second-order valence-corrected chi connectivity index (χ2v) is 6.35. The van der Waals surface area contributed by atoms with E-state index in [1.165, 1.54) is 0 Å². The average Bonchev–Trinajstić information content (AvgIpc) is 2.81. The van der Waals surface area contributed by atoms with Gasteiger partial charge in [-0.05, 0) is 40.5 Å². The van der Waals surface area contributed by atoms with Gasteiger partial charge < -0.3 is 4.74 Å². The summed E-state index contributed by atoms with van der Waals surface area (Å²) in [6.07, 6.45) is 3.44. The van der Waals surface area contributed by atoms with Crippen molar-refractivity contribution in [1.29, 1.82) is 0 Å². The maximum absolute atomic E-state index is 12.2. The minimum absolute atomic E-state index is 0.0407. The Labute approximate surface area is 119 Å². The predicted molar refractivity (Wildman–Crippen MR) is 76.3 cm³/mol. The van der Waals surface area contributed by atoms with Gasteiger partial charge in [-0.1, -0.05) is 12.8 Å². The number of likely N-dealkylation sites (tertiary alicyclic amines) is 1. The maximum atomic E-state index is 12.2. The van der Waals surface area contributed by atoms with E-state index in [1.807, 2.05) is 33.9 Å². The van der Waals surface area contributed by atoms with E-state index in [2.05, 4.69) is 17.8 Å². The number of aryl methyl sites for hydroxylation is 1. The normalized spacial score (nSPS) is 19.8. The van der Waals surface area contributed by atoms with Crippen LogP contribution in [0.25, 0.3) is 0 Å². The van der Waals surface area contributed by atoms with Crippen molar-refractivity contribution in [3.8, 4) is 0 Å². The molecule has 2 rings (SSSR count). The van der Waals surface area contributed by atoms with Gasteiger partial charge in [0.2, 0.25) is 0 Å². The fourth-order valence-corrected chi connectivity index (χ4v) is 2.65. The standard InChI is InChI=1S/C13H21N3O2S/c1-9-8-16(19)11(14-9)10-6-5-7-15(10)12(17)18-13(2,3)4/h8,10,19H,5-7H2,1-4H3. The molecule has 1 amide bonds. The lowest BCUT2D eigenvalue weighted by Gasteiger charge is -2.28. The average molecular weight is 283 g/mol. The van der Waals surface area contributed by atoms with E-state index in [0.29, 0.717) is 6.54 Å². The second kappa shape index (κ2) is 5.07. The number of ether oxygens (including phenoxy) is 1. The maximum Gasteiger partial charge on any atom is 0.410 e. The van der Waals surface area contributed by atoms with Crippen LogP contribution in [0.2, 0.25) is 0 Å². The van der Waals surface area contributed by atoms with Crippen LogP contribution in [-0.4, -0.2) is 32.1 Å². The molecule has 2 heterocycles. The molecular weight excluding hydrogens is 262 g/mol. The highest BCUT2D eigenvalue weighted by Crippen LogP contribution is 2.33. The quantitative estimate of drug-likeness (QED) is 0.806. The molecule has 19 heavy (non-hydrogen) atoms. The molecule has 0 radical (unpaired) electrons. The molecule has 0 aromatic carbocycles. The van der Waals surface area contributed by atoms with Crippen LogP contribution in [0.4, 0.5) is 4.79 Å². The van der Waals surface area contributed by atoms with Crippen molar-refractivity contribution in [2.45, 2.75) is 52.2 Å². The Morgan fingerprint density at radius 3 is 2.74 bits per heavy atom. The second-order valence-electron chi connectivity index (χ2n) is 5.92. The molecule has 0 saturated carbocycles. The van der Waals surface area contributed by atoms with Crippen molar-refractivity contribution in [2.24, 2.45) is 0 Å². The third-order valence-corrected chi connectivity index (χ3v) is 3.33. The fraction of sp³-hybridized carbons (Fsp3) is 0.692. The molecule has 0 N–H and O–H groups in total. The lowest BCUT2D eigenvalue weighted by atomic mass is 10.2. The molecule has 1 aromatic rings. The van der Waals surface area contributed by atoms with Crippen LogP contribution in [-0.2, 0) is 4.74 Å². The number of nitrogens with zero attached hydrogens (tertiary/aromatic N) is 3. The first kappa shape index (κ1) is 14.2. The molecule has 1 aromatic heterocycles. The highest BCUT2D eigenvalue weighted by Gasteiger charge is 2.35. The van der Waals surface area contributed by atoms with Gasteiger partial charge >= 0.3 is 6.09 Å². The summed E-state index contributed by atoms with van der Waals surface area (Å²) in [6, 6.07) is -0.0407. The monoisotopic (exact) mass is 283 g/mol. The Morgan fingerprint density at radius 2 is 2.21 bits per heavy atom. The molecule has 0 spiro atoms. The number of thiol groups is 1. The van der Waals surface area contributed by atoms with Crippen LogP contribution in [0.1, 0.15) is 51.2 Å². The van der Waals surface area contributed by atoms with Gasteiger partial charge in [0.25, 0.3) is 0 Å². The van der Waals surface area contributed by atoms with Gasteiger partial charge in [-0.2, -0.15) is 0 Å². The molecule has 1 saturated heterocycles. The van der Waals surface area contributed by atoms with Gasteiger partial charge in [0.15, 0.2) is 0 Å². The van der Waals surface area contributed by atoms with Gasteiger partial charge in [0, 0.05) is 12.7 Å². The molecule has 106 valence electrons. The van der Waals surface area contributed by atoms with Crippen LogP contribution in [0.15, 0.2) is 6.20 Å². The summed E-state index contributed by atoms with van der Waals surface area (Å²) in [6.45, 7) is 8.25. The lowest BCUT2D eigenvalue weighted by molar-refractivity contribution is 0.0218. The number of hydrogen-bond acceptors (Lipinski definition) is 4. The van der Waals surface area contributed by atoms with Crippen molar-refractivity contribution in [3.63, 3.8) is 0 Å². The van der Waals surface area contributed by atoms with Crippen LogP contribution >= 0.6 is 12.8 Å². The molecule has 5 nitrogen and oxygen atoms in total. The van der Waals surface area contributed by atoms with Gasteiger partial charge in [-0.15, -0.1) is 0 Å². The van der Waals surface area contributed by atoms with Crippen molar-refractivity contribution < 1.29 is 9.53 Å². The number of amides is 1. The van der Waals surface area contributed by atoms with E-state index >= 15 is 0 Å². The molecule has 1 atom stereocenters. The number of aromatic nitrogens is 2. The first-order chi connectivity index (χ1) is 8.78. The van der Waals surface area contributed by atoms with Crippen molar-refractivity contribution >= 4 is 18.9 Å². The van der Waals surface area contributed by atoms with E-state index < -0.39 is 5.60 Å². The van der Waals surface area contributed by atoms with Crippen LogP contribution in [0.3, 0.4) is 0 Å². The molecule has 1 fully saturated rings. The molecule has 1 aliphatic rings. The Balaban J connectivity index is 2.17.